The highest BCUT2D eigenvalue weighted by Gasteiger charge is 2.31. The van der Waals surface area contributed by atoms with Crippen molar-refractivity contribution in [2.45, 2.75) is 51.5 Å². The Hall–Kier alpha value is -1.85. The molecule has 0 aromatic carbocycles. The van der Waals surface area contributed by atoms with Gasteiger partial charge in [-0.15, -0.1) is 0 Å². The van der Waals surface area contributed by atoms with Crippen molar-refractivity contribution in [2.24, 2.45) is 0 Å². The lowest BCUT2D eigenvalue weighted by atomic mass is 9.98. The van der Waals surface area contributed by atoms with Gasteiger partial charge >= 0.3 is 0 Å². The van der Waals surface area contributed by atoms with Crippen LogP contribution in [0.2, 0.25) is 0 Å². The number of likely N-dealkylation sites (tertiary alicyclic amines) is 2. The average Bonchev–Trinajstić information content (AvgIpc) is 3.13. The minimum atomic E-state index is -0.0382. The molecule has 2 aliphatic heterocycles. The zero-order valence-electron chi connectivity index (χ0n) is 13.1. The molecule has 1 atom stereocenters. The maximum atomic E-state index is 12.7. The Morgan fingerprint density at radius 3 is 2.91 bits per heavy atom. The van der Waals surface area contributed by atoms with Crippen LogP contribution in [0.4, 0.5) is 0 Å². The van der Waals surface area contributed by atoms with E-state index in [-0.39, 0.29) is 17.9 Å². The first kappa shape index (κ1) is 15.1. The van der Waals surface area contributed by atoms with Crippen molar-refractivity contribution in [1.82, 2.24) is 14.8 Å². The Bertz CT molecular complexity index is 555. The van der Waals surface area contributed by atoms with Crippen molar-refractivity contribution >= 4 is 11.8 Å². The van der Waals surface area contributed by atoms with E-state index in [0.717, 1.165) is 51.7 Å². The summed E-state index contributed by atoms with van der Waals surface area (Å²) in [5.74, 6) is 0.786. The predicted octanol–water partition coefficient (Wildman–Crippen LogP) is 1.99. The molecule has 0 aliphatic carbocycles. The van der Waals surface area contributed by atoms with Crippen LogP contribution in [0.3, 0.4) is 0 Å². The van der Waals surface area contributed by atoms with Crippen molar-refractivity contribution in [3.05, 3.63) is 17.8 Å². The van der Waals surface area contributed by atoms with Crippen LogP contribution in [0.15, 0.2) is 10.8 Å². The number of piperidine rings is 1. The predicted molar refractivity (Wildman–Crippen MR) is 80.3 cm³/mol. The fourth-order valence-electron chi connectivity index (χ4n) is 3.46. The maximum Gasteiger partial charge on any atom is 0.276 e. The molecule has 2 fully saturated rings. The van der Waals surface area contributed by atoms with Crippen molar-refractivity contribution < 1.29 is 14.0 Å². The van der Waals surface area contributed by atoms with Crippen LogP contribution in [0.1, 0.15) is 54.8 Å². The number of aromatic nitrogens is 1. The fourth-order valence-corrected chi connectivity index (χ4v) is 3.46. The van der Waals surface area contributed by atoms with Gasteiger partial charge in [-0.2, -0.15) is 0 Å². The number of nitrogens with zero attached hydrogens (tertiary/aromatic N) is 3. The minimum Gasteiger partial charge on any atom is -0.448 e. The summed E-state index contributed by atoms with van der Waals surface area (Å²) in [6.07, 6.45) is 6.99. The molecule has 6 heteroatoms. The van der Waals surface area contributed by atoms with Crippen LogP contribution in [-0.4, -0.2) is 52.3 Å². The highest BCUT2D eigenvalue weighted by atomic mass is 16.3. The molecule has 2 amide bonds. The number of amides is 2. The van der Waals surface area contributed by atoms with Crippen LogP contribution in [0.25, 0.3) is 0 Å². The van der Waals surface area contributed by atoms with Gasteiger partial charge in [-0.1, -0.05) is 0 Å². The molecule has 2 saturated heterocycles. The second-order valence-corrected chi connectivity index (χ2v) is 6.18. The first-order valence-corrected chi connectivity index (χ1v) is 8.15. The summed E-state index contributed by atoms with van der Waals surface area (Å²) in [7, 11) is 0. The number of carbonyl (C=O) groups excluding carboxylic acids is 2. The molecule has 0 saturated carbocycles. The third-order valence-corrected chi connectivity index (χ3v) is 4.74. The summed E-state index contributed by atoms with van der Waals surface area (Å²) in [5, 5.41) is 0. The molecule has 0 spiro atoms. The lowest BCUT2D eigenvalue weighted by Gasteiger charge is -2.36. The summed E-state index contributed by atoms with van der Waals surface area (Å²) in [6, 6.07) is 0.200. The highest BCUT2D eigenvalue weighted by Crippen LogP contribution is 2.23. The van der Waals surface area contributed by atoms with E-state index >= 15 is 0 Å². The molecule has 120 valence electrons. The maximum absolute atomic E-state index is 12.7. The lowest BCUT2D eigenvalue weighted by molar-refractivity contribution is -0.127. The van der Waals surface area contributed by atoms with Crippen LogP contribution >= 0.6 is 0 Å². The molecule has 0 N–H and O–H groups in total. The Balaban J connectivity index is 1.64. The number of hydrogen-bond acceptors (Lipinski definition) is 4. The Kier molecular flexibility index (Phi) is 4.45. The number of carbonyl (C=O) groups is 2. The average molecular weight is 305 g/mol. The normalized spacial score (nSPS) is 22.4. The largest absolute Gasteiger partial charge is 0.448 e. The van der Waals surface area contributed by atoms with Gasteiger partial charge in [-0.3, -0.25) is 9.59 Å². The van der Waals surface area contributed by atoms with Gasteiger partial charge in [-0.25, -0.2) is 4.98 Å². The quantitative estimate of drug-likeness (QED) is 0.853. The first-order chi connectivity index (χ1) is 10.7. The first-order valence-electron chi connectivity index (χ1n) is 8.15. The molecule has 3 rings (SSSR count). The summed E-state index contributed by atoms with van der Waals surface area (Å²) in [4.78, 5) is 32.3. The van der Waals surface area contributed by atoms with E-state index < -0.39 is 0 Å². The molecule has 0 bridgehead atoms. The van der Waals surface area contributed by atoms with Crippen LogP contribution in [0.5, 0.6) is 0 Å². The number of aryl methyl sites for hydroxylation is 1. The van der Waals surface area contributed by atoms with E-state index in [2.05, 4.69) is 4.98 Å². The molecule has 1 aromatic rings. The van der Waals surface area contributed by atoms with Gasteiger partial charge in [0, 0.05) is 32.1 Å². The molecular weight excluding hydrogens is 282 g/mol. The lowest BCUT2D eigenvalue weighted by Crippen LogP contribution is -2.45. The number of rotatable bonds is 4. The monoisotopic (exact) mass is 305 g/mol. The SMILES string of the molecule is Cc1ocnc1C(=O)N1CCCCC1CCN1CCCC1=O. The third-order valence-electron chi connectivity index (χ3n) is 4.74. The highest BCUT2D eigenvalue weighted by molar-refractivity contribution is 5.93. The van der Waals surface area contributed by atoms with Crippen molar-refractivity contribution in [3.8, 4) is 0 Å². The summed E-state index contributed by atoms with van der Waals surface area (Å²) in [6.45, 7) is 4.15. The molecule has 3 heterocycles. The Labute approximate surface area is 130 Å². The third kappa shape index (κ3) is 3.00. The van der Waals surface area contributed by atoms with E-state index in [1.807, 2.05) is 9.80 Å². The smallest absolute Gasteiger partial charge is 0.276 e. The molecule has 22 heavy (non-hydrogen) atoms. The fraction of sp³-hybridized carbons (Fsp3) is 0.688. The summed E-state index contributed by atoms with van der Waals surface area (Å²) in [5.41, 5.74) is 0.421. The minimum absolute atomic E-state index is 0.0382. The molecule has 0 radical (unpaired) electrons. The molecular formula is C16H23N3O3. The van der Waals surface area contributed by atoms with Crippen LogP contribution in [-0.2, 0) is 4.79 Å². The van der Waals surface area contributed by atoms with E-state index in [9.17, 15) is 9.59 Å². The van der Waals surface area contributed by atoms with E-state index in [0.29, 0.717) is 17.9 Å². The molecule has 1 unspecified atom stereocenters. The van der Waals surface area contributed by atoms with Crippen LogP contribution < -0.4 is 0 Å². The number of oxazole rings is 1. The molecule has 1 aromatic heterocycles. The Morgan fingerprint density at radius 1 is 1.36 bits per heavy atom. The number of hydrogen-bond donors (Lipinski definition) is 0. The van der Waals surface area contributed by atoms with Gasteiger partial charge in [0.2, 0.25) is 5.91 Å². The van der Waals surface area contributed by atoms with Gasteiger partial charge in [-0.05, 0) is 39.0 Å². The van der Waals surface area contributed by atoms with Crippen molar-refractivity contribution in [2.75, 3.05) is 19.6 Å². The Morgan fingerprint density at radius 2 is 2.23 bits per heavy atom. The second-order valence-electron chi connectivity index (χ2n) is 6.18. The van der Waals surface area contributed by atoms with Crippen molar-refractivity contribution in [3.63, 3.8) is 0 Å². The van der Waals surface area contributed by atoms with Gasteiger partial charge in [0.05, 0.1) is 0 Å². The summed E-state index contributed by atoms with van der Waals surface area (Å²) >= 11 is 0. The zero-order chi connectivity index (χ0) is 15.5. The molecule has 6 nitrogen and oxygen atoms in total. The van der Waals surface area contributed by atoms with E-state index in [1.54, 1.807) is 6.92 Å². The standard InChI is InChI=1S/C16H23N3O3/c1-12-15(17-11-22-12)16(21)19-9-3-2-5-13(19)7-10-18-8-4-6-14(18)20/h11,13H,2-10H2,1H3. The topological polar surface area (TPSA) is 66.7 Å². The van der Waals surface area contributed by atoms with Crippen molar-refractivity contribution in [1.29, 1.82) is 0 Å². The van der Waals surface area contributed by atoms with Gasteiger partial charge in [0.15, 0.2) is 12.1 Å². The molecule has 2 aliphatic rings. The van der Waals surface area contributed by atoms with Crippen LogP contribution in [0, 0.1) is 6.92 Å². The van der Waals surface area contributed by atoms with E-state index in [4.69, 9.17) is 4.42 Å². The van der Waals surface area contributed by atoms with E-state index in [1.165, 1.54) is 6.39 Å². The summed E-state index contributed by atoms with van der Waals surface area (Å²) < 4.78 is 5.16. The second kappa shape index (κ2) is 6.50. The van der Waals surface area contributed by atoms with Gasteiger partial charge < -0.3 is 14.2 Å². The van der Waals surface area contributed by atoms with Gasteiger partial charge in [0.25, 0.3) is 5.91 Å². The zero-order valence-corrected chi connectivity index (χ0v) is 13.1. The van der Waals surface area contributed by atoms with Gasteiger partial charge in [0.1, 0.15) is 5.76 Å².